The quantitative estimate of drug-likeness (QED) is 0.679. The average Bonchev–Trinajstić information content (AvgIpc) is 2.70. The molecule has 0 aliphatic carbocycles. The highest BCUT2D eigenvalue weighted by atomic mass is 19.4. The maximum Gasteiger partial charge on any atom is 0.416 e. The normalized spacial score (nSPS) is 15.0. The van der Waals surface area contributed by atoms with Gasteiger partial charge in [0.2, 0.25) is 5.91 Å². The Morgan fingerprint density at radius 3 is 2.20 bits per heavy atom. The van der Waals surface area contributed by atoms with E-state index in [-0.39, 0.29) is 25.0 Å². The molecule has 2 aromatic rings. The fourth-order valence-electron chi connectivity index (χ4n) is 3.11. The van der Waals surface area contributed by atoms with Crippen LogP contribution >= 0.6 is 0 Å². The first-order valence-electron chi connectivity index (χ1n) is 9.31. The van der Waals surface area contributed by atoms with Crippen molar-refractivity contribution >= 4 is 11.8 Å². The second-order valence-electron chi connectivity index (χ2n) is 7.05. The molecular weight excluding hydrogens is 397 g/mol. The molecule has 0 aromatic heterocycles. The number of rotatable bonds is 7. The summed E-state index contributed by atoms with van der Waals surface area (Å²) in [4.78, 5) is 23.8. The van der Waals surface area contributed by atoms with E-state index in [0.29, 0.717) is 24.1 Å². The van der Waals surface area contributed by atoms with Crippen LogP contribution in [0.2, 0.25) is 0 Å². The van der Waals surface area contributed by atoms with Crippen LogP contribution in [0.1, 0.15) is 27.0 Å². The van der Waals surface area contributed by atoms with Crippen LogP contribution in [0.5, 0.6) is 0 Å². The molecule has 0 atom stereocenters. The van der Waals surface area contributed by atoms with E-state index in [1.165, 1.54) is 18.2 Å². The molecule has 1 aliphatic heterocycles. The van der Waals surface area contributed by atoms with Crippen LogP contribution in [-0.2, 0) is 27.7 Å². The summed E-state index contributed by atoms with van der Waals surface area (Å²) >= 11 is 0. The Kier molecular flexibility index (Phi) is 6.26. The summed E-state index contributed by atoms with van der Waals surface area (Å²) in [6.07, 6.45) is -2.61. The Morgan fingerprint density at radius 2 is 1.70 bits per heavy atom. The molecule has 2 aromatic carbocycles. The minimum atomic E-state index is -4.42. The second kappa shape index (κ2) is 8.71. The van der Waals surface area contributed by atoms with Crippen molar-refractivity contribution in [3.05, 3.63) is 83.4 Å². The van der Waals surface area contributed by atoms with Crippen LogP contribution in [0.15, 0.2) is 61.2 Å². The average molecular weight is 418 g/mol. The van der Waals surface area contributed by atoms with Crippen molar-refractivity contribution in [3.8, 4) is 0 Å². The number of hydrogen-bond acceptors (Lipinski definition) is 3. The van der Waals surface area contributed by atoms with Gasteiger partial charge in [-0.05, 0) is 47.9 Å². The molecule has 0 saturated carbocycles. The number of halogens is 3. The van der Waals surface area contributed by atoms with Crippen molar-refractivity contribution in [2.24, 2.45) is 0 Å². The van der Waals surface area contributed by atoms with Gasteiger partial charge in [-0.25, -0.2) is 0 Å². The summed E-state index contributed by atoms with van der Waals surface area (Å²) in [7, 11) is 0. The molecule has 2 amide bonds. The van der Waals surface area contributed by atoms with Crippen molar-refractivity contribution in [1.82, 2.24) is 10.6 Å². The minimum absolute atomic E-state index is 0.186. The van der Waals surface area contributed by atoms with Gasteiger partial charge in [-0.2, -0.15) is 13.2 Å². The Labute approximate surface area is 171 Å². The molecule has 0 unspecified atom stereocenters. The lowest BCUT2D eigenvalue weighted by molar-refractivity contribution is -0.137. The van der Waals surface area contributed by atoms with Crippen molar-refractivity contribution in [2.75, 3.05) is 19.8 Å². The van der Waals surface area contributed by atoms with E-state index >= 15 is 0 Å². The lowest BCUT2D eigenvalue weighted by Crippen LogP contribution is -2.59. The zero-order valence-corrected chi connectivity index (χ0v) is 16.1. The minimum Gasteiger partial charge on any atom is -0.376 e. The summed E-state index contributed by atoms with van der Waals surface area (Å²) in [5, 5.41) is 5.57. The van der Waals surface area contributed by atoms with Gasteiger partial charge in [-0.15, -0.1) is 0 Å². The predicted molar refractivity (Wildman–Crippen MR) is 105 cm³/mol. The monoisotopic (exact) mass is 418 g/mol. The Balaban J connectivity index is 1.65. The van der Waals surface area contributed by atoms with Crippen LogP contribution in [0.4, 0.5) is 13.2 Å². The molecule has 158 valence electrons. The number of carbonyl (C=O) groups excluding carboxylic acids is 2. The van der Waals surface area contributed by atoms with E-state index in [0.717, 1.165) is 17.7 Å². The zero-order chi connectivity index (χ0) is 21.8. The molecule has 0 radical (unpaired) electrons. The van der Waals surface area contributed by atoms with Gasteiger partial charge in [0.1, 0.15) is 5.54 Å². The number of hydrogen-bond donors (Lipinski definition) is 2. The molecule has 3 rings (SSSR count). The Morgan fingerprint density at radius 1 is 1.07 bits per heavy atom. The van der Waals surface area contributed by atoms with Gasteiger partial charge in [0.25, 0.3) is 5.91 Å². The highest BCUT2D eigenvalue weighted by Gasteiger charge is 2.42. The van der Waals surface area contributed by atoms with Gasteiger partial charge in [-0.3, -0.25) is 9.59 Å². The van der Waals surface area contributed by atoms with Gasteiger partial charge in [0.05, 0.1) is 18.8 Å². The molecule has 30 heavy (non-hydrogen) atoms. The first kappa shape index (κ1) is 21.6. The van der Waals surface area contributed by atoms with E-state index in [4.69, 9.17) is 4.74 Å². The van der Waals surface area contributed by atoms with Crippen molar-refractivity contribution in [3.63, 3.8) is 0 Å². The third kappa shape index (κ3) is 4.88. The van der Waals surface area contributed by atoms with E-state index < -0.39 is 17.3 Å². The van der Waals surface area contributed by atoms with Crippen LogP contribution in [0, 0.1) is 0 Å². The summed E-state index contributed by atoms with van der Waals surface area (Å²) in [5.41, 5.74) is 0.333. The van der Waals surface area contributed by atoms with Crippen molar-refractivity contribution in [2.45, 2.75) is 18.1 Å². The van der Waals surface area contributed by atoms with Crippen molar-refractivity contribution < 1.29 is 27.5 Å². The second-order valence-corrected chi connectivity index (χ2v) is 7.05. The number of ether oxygens (including phenoxy) is 1. The first-order valence-corrected chi connectivity index (χ1v) is 9.31. The number of alkyl halides is 3. The number of nitrogens with one attached hydrogen (secondary N) is 2. The maximum absolute atomic E-state index is 12.8. The van der Waals surface area contributed by atoms with E-state index in [1.54, 1.807) is 24.3 Å². The Hall–Kier alpha value is -3.13. The summed E-state index contributed by atoms with van der Waals surface area (Å²) in [6, 6.07) is 11.6. The highest BCUT2D eigenvalue weighted by molar-refractivity contribution is 5.95. The molecule has 5 nitrogen and oxygen atoms in total. The third-order valence-electron chi connectivity index (χ3n) is 4.93. The predicted octanol–water partition coefficient (Wildman–Crippen LogP) is 3.21. The molecule has 1 heterocycles. The number of benzene rings is 2. The van der Waals surface area contributed by atoms with Crippen LogP contribution in [-0.4, -0.2) is 31.6 Å². The first-order chi connectivity index (χ1) is 14.2. The topological polar surface area (TPSA) is 67.4 Å². The smallest absolute Gasteiger partial charge is 0.376 e. The molecule has 1 aliphatic rings. The molecule has 2 N–H and O–H groups in total. The molecule has 0 spiro atoms. The van der Waals surface area contributed by atoms with E-state index in [2.05, 4.69) is 17.2 Å². The van der Waals surface area contributed by atoms with E-state index in [9.17, 15) is 22.8 Å². The number of carbonyl (C=O) groups is 2. The molecular formula is C22H21F3N2O3. The molecule has 8 heteroatoms. The lowest BCUT2D eigenvalue weighted by atomic mass is 9.87. The summed E-state index contributed by atoms with van der Waals surface area (Å²) < 4.78 is 43.6. The van der Waals surface area contributed by atoms with Gasteiger partial charge in [-0.1, -0.05) is 30.8 Å². The standard InChI is InChI=1S/C22H21F3N2O3/c1-2-19(28)26-12-11-15-3-5-16(6-4-15)20(29)27-21(13-30-14-21)17-7-9-18(10-8-17)22(23,24)25/h2-10H,1,11-14H2,(H,26,28)(H,27,29). The molecule has 1 saturated heterocycles. The van der Waals surface area contributed by atoms with Crippen LogP contribution in [0.3, 0.4) is 0 Å². The summed E-state index contributed by atoms with van der Waals surface area (Å²) in [5.74, 6) is -0.591. The largest absolute Gasteiger partial charge is 0.416 e. The zero-order valence-electron chi connectivity index (χ0n) is 16.1. The fourth-order valence-corrected chi connectivity index (χ4v) is 3.11. The fraction of sp³-hybridized carbons (Fsp3) is 0.273. The van der Waals surface area contributed by atoms with E-state index in [1.807, 2.05) is 0 Å². The highest BCUT2D eigenvalue weighted by Crippen LogP contribution is 2.34. The van der Waals surface area contributed by atoms with Gasteiger partial charge >= 0.3 is 6.18 Å². The number of amides is 2. The van der Waals surface area contributed by atoms with Crippen LogP contribution < -0.4 is 10.6 Å². The maximum atomic E-state index is 12.8. The summed E-state index contributed by atoms with van der Waals surface area (Å²) in [6.45, 7) is 4.20. The Bertz CT molecular complexity index is 918. The SMILES string of the molecule is C=CC(=O)NCCc1ccc(C(=O)NC2(c3ccc(C(F)(F)F)cc3)COC2)cc1. The van der Waals surface area contributed by atoms with Crippen molar-refractivity contribution in [1.29, 1.82) is 0 Å². The molecule has 1 fully saturated rings. The molecule has 0 bridgehead atoms. The third-order valence-corrected chi connectivity index (χ3v) is 4.93. The van der Waals surface area contributed by atoms with Gasteiger partial charge in [0, 0.05) is 12.1 Å². The van der Waals surface area contributed by atoms with Crippen LogP contribution in [0.25, 0.3) is 0 Å². The van der Waals surface area contributed by atoms with Gasteiger partial charge in [0.15, 0.2) is 0 Å². The van der Waals surface area contributed by atoms with Gasteiger partial charge < -0.3 is 15.4 Å². The lowest BCUT2D eigenvalue weighted by Gasteiger charge is -2.42.